The van der Waals surface area contributed by atoms with Gasteiger partial charge in [-0.1, -0.05) is 0 Å². The Bertz CT molecular complexity index is 506. The molecule has 110 valence electrons. The molecule has 1 aliphatic rings. The third kappa shape index (κ3) is 2.93. The minimum atomic E-state index is -0.494. The lowest BCUT2D eigenvalue weighted by atomic mass is 10.2. The van der Waals surface area contributed by atoms with Gasteiger partial charge in [-0.2, -0.15) is 0 Å². The van der Waals surface area contributed by atoms with Crippen LogP contribution in [0.15, 0.2) is 12.1 Å². The van der Waals surface area contributed by atoms with E-state index in [1.54, 1.807) is 0 Å². The van der Waals surface area contributed by atoms with Crippen molar-refractivity contribution in [3.63, 3.8) is 0 Å². The maximum Gasteiger partial charge on any atom is 0.314 e. The molecule has 1 aromatic carbocycles. The quantitative estimate of drug-likeness (QED) is 0.654. The molecule has 7 nitrogen and oxygen atoms in total. The summed E-state index contributed by atoms with van der Waals surface area (Å²) in [6, 6.07) is 2.89. The normalized spacial score (nSPS) is 21.6. The Kier molecular flexibility index (Phi) is 4.29. The fraction of sp³-hybridized carbons (Fsp3) is 0.538. The van der Waals surface area contributed by atoms with E-state index in [0.29, 0.717) is 17.9 Å². The smallest absolute Gasteiger partial charge is 0.314 e. The van der Waals surface area contributed by atoms with Crippen molar-refractivity contribution in [1.29, 1.82) is 0 Å². The van der Waals surface area contributed by atoms with Crippen LogP contribution in [0.3, 0.4) is 0 Å². The second kappa shape index (κ2) is 5.96. The van der Waals surface area contributed by atoms with Gasteiger partial charge in [0.05, 0.1) is 25.2 Å². The maximum absolute atomic E-state index is 11.1. The molecule has 1 aromatic rings. The number of hydrogen-bond donors (Lipinski definition) is 1. The van der Waals surface area contributed by atoms with Crippen molar-refractivity contribution < 1.29 is 19.1 Å². The molecule has 2 rings (SSSR count). The summed E-state index contributed by atoms with van der Waals surface area (Å²) in [6.07, 6.45) is 2.27. The Labute approximate surface area is 116 Å². The van der Waals surface area contributed by atoms with Crippen LogP contribution >= 0.6 is 0 Å². The average Bonchev–Trinajstić information content (AvgIpc) is 2.83. The van der Waals surface area contributed by atoms with Crippen LogP contribution in [-0.4, -0.2) is 31.3 Å². The second-order valence-corrected chi connectivity index (χ2v) is 4.75. The summed E-state index contributed by atoms with van der Waals surface area (Å²) < 4.78 is 15.9. The van der Waals surface area contributed by atoms with Crippen LogP contribution in [0.4, 0.5) is 5.69 Å². The Hall–Kier alpha value is -2.02. The Morgan fingerprint density at radius 1 is 1.20 bits per heavy atom. The van der Waals surface area contributed by atoms with Crippen LogP contribution in [0.2, 0.25) is 0 Å². The molecule has 1 saturated carbocycles. The molecule has 1 fully saturated rings. The maximum atomic E-state index is 11.1. The molecular weight excluding hydrogens is 264 g/mol. The highest BCUT2D eigenvalue weighted by Gasteiger charge is 2.27. The number of benzene rings is 1. The van der Waals surface area contributed by atoms with Gasteiger partial charge < -0.3 is 19.9 Å². The van der Waals surface area contributed by atoms with Crippen molar-refractivity contribution in [2.45, 2.75) is 31.4 Å². The lowest BCUT2D eigenvalue weighted by Crippen LogP contribution is -2.19. The van der Waals surface area contributed by atoms with E-state index in [2.05, 4.69) is 0 Å². The van der Waals surface area contributed by atoms with Gasteiger partial charge in [-0.15, -0.1) is 0 Å². The number of hydrogen-bond acceptors (Lipinski definition) is 6. The van der Waals surface area contributed by atoms with Gasteiger partial charge in [0.1, 0.15) is 6.10 Å². The summed E-state index contributed by atoms with van der Waals surface area (Å²) in [5.41, 5.74) is 5.68. The monoisotopic (exact) mass is 282 g/mol. The SMILES string of the molecule is COc1cc(OC2CCC(N)C2)c([N+](=O)[O-])cc1OC. The summed E-state index contributed by atoms with van der Waals surface area (Å²) in [4.78, 5) is 10.6. The summed E-state index contributed by atoms with van der Waals surface area (Å²) in [7, 11) is 2.90. The molecule has 0 amide bonds. The Morgan fingerprint density at radius 3 is 2.35 bits per heavy atom. The highest BCUT2D eigenvalue weighted by Crippen LogP contribution is 2.40. The van der Waals surface area contributed by atoms with Crippen molar-refractivity contribution >= 4 is 5.69 Å². The number of nitro groups is 1. The van der Waals surface area contributed by atoms with Crippen LogP contribution in [0.25, 0.3) is 0 Å². The molecule has 0 aromatic heterocycles. The molecular formula is C13H18N2O5. The predicted molar refractivity (Wildman–Crippen MR) is 72.4 cm³/mol. The van der Waals surface area contributed by atoms with E-state index in [9.17, 15) is 10.1 Å². The van der Waals surface area contributed by atoms with Crippen molar-refractivity contribution in [1.82, 2.24) is 0 Å². The first-order valence-electron chi connectivity index (χ1n) is 6.37. The van der Waals surface area contributed by atoms with Gasteiger partial charge in [0.25, 0.3) is 0 Å². The number of nitrogens with zero attached hydrogens (tertiary/aromatic N) is 1. The summed E-state index contributed by atoms with van der Waals surface area (Å²) >= 11 is 0. The summed E-state index contributed by atoms with van der Waals surface area (Å²) in [5.74, 6) is 0.886. The lowest BCUT2D eigenvalue weighted by Gasteiger charge is -2.15. The summed E-state index contributed by atoms with van der Waals surface area (Å²) in [5, 5.41) is 11.1. The molecule has 2 atom stereocenters. The zero-order valence-corrected chi connectivity index (χ0v) is 11.5. The van der Waals surface area contributed by atoms with Crippen LogP contribution < -0.4 is 19.9 Å². The molecule has 0 aliphatic heterocycles. The van der Waals surface area contributed by atoms with Gasteiger partial charge in [0, 0.05) is 12.1 Å². The zero-order valence-electron chi connectivity index (χ0n) is 11.5. The lowest BCUT2D eigenvalue weighted by molar-refractivity contribution is -0.386. The van der Waals surface area contributed by atoms with Gasteiger partial charge in [-0.3, -0.25) is 10.1 Å². The van der Waals surface area contributed by atoms with Gasteiger partial charge >= 0.3 is 5.69 Å². The molecule has 0 radical (unpaired) electrons. The van der Waals surface area contributed by atoms with Gasteiger partial charge in [-0.05, 0) is 19.3 Å². The highest BCUT2D eigenvalue weighted by molar-refractivity contribution is 5.58. The van der Waals surface area contributed by atoms with Crippen LogP contribution in [0.5, 0.6) is 17.2 Å². The molecule has 1 aliphatic carbocycles. The summed E-state index contributed by atoms with van der Waals surface area (Å²) in [6.45, 7) is 0. The molecule has 0 heterocycles. The van der Waals surface area contributed by atoms with E-state index in [-0.39, 0.29) is 23.6 Å². The van der Waals surface area contributed by atoms with E-state index < -0.39 is 4.92 Å². The van der Waals surface area contributed by atoms with E-state index in [1.807, 2.05) is 0 Å². The number of nitro benzene ring substituents is 1. The topological polar surface area (TPSA) is 96.9 Å². The largest absolute Gasteiger partial charge is 0.493 e. The molecule has 2 N–H and O–H groups in total. The van der Waals surface area contributed by atoms with Gasteiger partial charge in [0.15, 0.2) is 11.5 Å². The second-order valence-electron chi connectivity index (χ2n) is 4.75. The first-order valence-corrected chi connectivity index (χ1v) is 6.37. The van der Waals surface area contributed by atoms with Crippen LogP contribution in [0.1, 0.15) is 19.3 Å². The fourth-order valence-electron chi connectivity index (χ4n) is 2.35. The predicted octanol–water partition coefficient (Wildman–Crippen LogP) is 1.87. The van der Waals surface area contributed by atoms with E-state index in [4.69, 9.17) is 19.9 Å². The number of rotatable bonds is 5. The van der Waals surface area contributed by atoms with Gasteiger partial charge in [0.2, 0.25) is 5.75 Å². The Balaban J connectivity index is 2.31. The number of ether oxygens (including phenoxy) is 3. The van der Waals surface area contributed by atoms with Crippen molar-refractivity contribution in [3.8, 4) is 17.2 Å². The molecule has 0 spiro atoms. The molecule has 2 unspecified atom stereocenters. The average molecular weight is 282 g/mol. The third-order valence-corrected chi connectivity index (χ3v) is 3.38. The van der Waals surface area contributed by atoms with Crippen molar-refractivity contribution in [2.24, 2.45) is 5.73 Å². The van der Waals surface area contributed by atoms with E-state index in [1.165, 1.54) is 26.4 Å². The standard InChI is InChI=1S/C13H18N2O5/c1-18-12-6-10(15(16)17)11(7-13(12)19-2)20-9-4-3-8(14)5-9/h6-9H,3-5,14H2,1-2H3. The molecule has 7 heteroatoms. The van der Waals surface area contributed by atoms with Crippen LogP contribution in [0, 0.1) is 10.1 Å². The van der Waals surface area contributed by atoms with E-state index in [0.717, 1.165) is 12.8 Å². The molecule has 20 heavy (non-hydrogen) atoms. The first kappa shape index (κ1) is 14.4. The number of methoxy groups -OCH3 is 2. The third-order valence-electron chi connectivity index (χ3n) is 3.38. The Morgan fingerprint density at radius 2 is 1.85 bits per heavy atom. The minimum absolute atomic E-state index is 0.0956. The first-order chi connectivity index (χ1) is 9.55. The van der Waals surface area contributed by atoms with Crippen molar-refractivity contribution in [2.75, 3.05) is 14.2 Å². The van der Waals surface area contributed by atoms with E-state index >= 15 is 0 Å². The van der Waals surface area contributed by atoms with Gasteiger partial charge in [-0.25, -0.2) is 0 Å². The molecule has 0 saturated heterocycles. The van der Waals surface area contributed by atoms with Crippen molar-refractivity contribution in [3.05, 3.63) is 22.2 Å². The zero-order chi connectivity index (χ0) is 14.7. The molecule has 0 bridgehead atoms. The highest BCUT2D eigenvalue weighted by atomic mass is 16.6. The fourth-order valence-corrected chi connectivity index (χ4v) is 2.35. The minimum Gasteiger partial charge on any atom is -0.493 e. The van der Waals surface area contributed by atoms with Crippen LogP contribution in [-0.2, 0) is 0 Å². The number of nitrogens with two attached hydrogens (primary N) is 1.